The average Bonchev–Trinajstić information content (AvgIpc) is 3.05. The fourth-order valence-electron chi connectivity index (χ4n) is 4.36. The smallest absolute Gasteiger partial charge is 0 e. The predicted molar refractivity (Wildman–Crippen MR) is 182 cm³/mol. The zero-order valence-corrected chi connectivity index (χ0v) is 27.8. The molecule has 0 aliphatic carbocycles. The molecule has 0 N–H and O–H groups in total. The minimum atomic E-state index is -0.446. The maximum absolute atomic E-state index is 8.45. The summed E-state index contributed by atoms with van der Waals surface area (Å²) < 4.78 is 0. The molecule has 0 aliphatic heterocycles. The molecule has 0 spiro atoms. The number of hydrogen-bond donors (Lipinski definition) is 0. The van der Waals surface area contributed by atoms with Crippen LogP contribution >= 0.6 is 27.4 Å². The van der Waals surface area contributed by atoms with Gasteiger partial charge in [0.2, 0.25) is 0 Å². The Morgan fingerprint density at radius 1 is 0.333 bits per heavy atom. The van der Waals surface area contributed by atoms with Crippen LogP contribution in [-0.2, 0) is 24.9 Å². The van der Waals surface area contributed by atoms with Crippen molar-refractivity contribution in [1.29, 1.82) is 0 Å². The van der Waals surface area contributed by atoms with Gasteiger partial charge in [-0.05, 0) is 47.7 Å². The first-order valence-electron chi connectivity index (χ1n) is 13.2. The maximum Gasteiger partial charge on any atom is 0 e. The van der Waals surface area contributed by atoms with Crippen LogP contribution in [0.3, 0.4) is 0 Å². The van der Waals surface area contributed by atoms with Crippen molar-refractivity contribution in [2.75, 3.05) is 0 Å². The van der Waals surface area contributed by atoms with E-state index in [0.29, 0.717) is 0 Å². The van der Waals surface area contributed by atoms with Crippen molar-refractivity contribution in [1.82, 2.24) is 0 Å². The summed E-state index contributed by atoms with van der Waals surface area (Å²) in [4.78, 5) is 8.45. The first-order valence-corrected chi connectivity index (χ1v) is 16.3. The summed E-state index contributed by atoms with van der Waals surface area (Å²) in [5.74, 6) is 0.972. The molecule has 0 saturated carbocycles. The molecule has 42 heavy (non-hydrogen) atoms. The van der Waals surface area contributed by atoms with Gasteiger partial charge in [0.05, 0.1) is 0 Å². The predicted octanol–water partition coefficient (Wildman–Crippen LogP) is 7.18. The Labute approximate surface area is 270 Å². The van der Waals surface area contributed by atoms with E-state index in [0.717, 1.165) is 5.75 Å². The van der Waals surface area contributed by atoms with Gasteiger partial charge in [0.15, 0.2) is 0 Å². The van der Waals surface area contributed by atoms with Gasteiger partial charge in [-0.25, -0.2) is 0 Å². The van der Waals surface area contributed by atoms with Crippen LogP contribution in [0.1, 0.15) is 0 Å². The molecule has 0 fully saturated rings. The summed E-state index contributed by atoms with van der Waals surface area (Å²) in [6.07, 6.45) is 0. The third-order valence-electron chi connectivity index (χ3n) is 6.09. The van der Waals surface area contributed by atoms with E-state index in [2.05, 4.69) is 194 Å². The Bertz CT molecular complexity index is 1230. The fourth-order valence-corrected chi connectivity index (χ4v) is 8.97. The molecule has 0 aliphatic rings. The molecule has 6 aromatic carbocycles. The van der Waals surface area contributed by atoms with Crippen LogP contribution in [-0.4, -0.2) is 5.75 Å². The van der Waals surface area contributed by atoms with Gasteiger partial charge in [-0.1, -0.05) is 182 Å². The molecule has 211 valence electrons. The Kier molecular flexibility index (Phi) is 15.1. The van der Waals surface area contributed by atoms with Crippen molar-refractivity contribution in [2.24, 2.45) is 0 Å². The standard InChI is InChI=1S/2C18H15P.CClO.Ir/c2*1-4-10-16(11-5-1)19(17-12-6-2-7-13-17)18-14-8-3-9-15-18;2-1-3;/h2*1-15H;;/q;;-1;. The summed E-state index contributed by atoms with van der Waals surface area (Å²) in [6.45, 7) is 0. The number of rotatable bonds is 6. The SMILES string of the molecule is O=[C-]Cl.[Ir].c1ccc(P(c2ccccc2)c2ccccc2)cc1.c1ccc(P(c2ccccc2)c2ccccc2)cc1. The minimum Gasteiger partial charge on any atom is -0.525 e. The second-order valence-electron chi connectivity index (χ2n) is 8.76. The average molecular weight is 780 g/mol. The fraction of sp³-hybridized carbons (Fsp3) is 0. The molecule has 6 rings (SSSR count). The Morgan fingerprint density at radius 3 is 0.571 bits per heavy atom. The number of halogens is 1. The van der Waals surface area contributed by atoms with E-state index in [1.807, 2.05) is 0 Å². The number of benzene rings is 6. The number of carbonyl (C=O) groups excluding carboxylic acids is 1. The number of hydrogen-bond acceptors (Lipinski definition) is 1. The molecule has 1 nitrogen and oxygen atoms in total. The van der Waals surface area contributed by atoms with Crippen molar-refractivity contribution in [3.05, 3.63) is 182 Å². The summed E-state index contributed by atoms with van der Waals surface area (Å²) in [6, 6.07) is 64.7. The molecule has 1 radical (unpaired) electrons. The van der Waals surface area contributed by atoms with E-state index in [1.54, 1.807) is 0 Å². The van der Waals surface area contributed by atoms with Gasteiger partial charge in [-0.3, -0.25) is 0 Å². The second kappa shape index (κ2) is 19.1. The van der Waals surface area contributed by atoms with Gasteiger partial charge in [0.25, 0.3) is 0 Å². The molecule has 6 aromatic rings. The molecular weight excluding hydrogens is 750 g/mol. The van der Waals surface area contributed by atoms with Gasteiger partial charge in [0, 0.05) is 20.1 Å². The van der Waals surface area contributed by atoms with E-state index >= 15 is 0 Å². The summed E-state index contributed by atoms with van der Waals surface area (Å²) in [5.41, 5.74) is 0. The Morgan fingerprint density at radius 2 is 0.452 bits per heavy atom. The Balaban J connectivity index is 0.000000207. The van der Waals surface area contributed by atoms with Crippen molar-refractivity contribution in [2.45, 2.75) is 0 Å². The van der Waals surface area contributed by atoms with Gasteiger partial charge in [-0.2, -0.15) is 5.75 Å². The van der Waals surface area contributed by atoms with E-state index in [-0.39, 0.29) is 20.1 Å². The quantitative estimate of drug-likeness (QED) is 0.0996. The molecule has 0 saturated heterocycles. The summed E-state index contributed by atoms with van der Waals surface area (Å²) in [7, 11) is -0.892. The maximum atomic E-state index is 8.45. The van der Waals surface area contributed by atoms with Crippen LogP contribution in [0.5, 0.6) is 0 Å². The van der Waals surface area contributed by atoms with Crippen molar-refractivity contribution >= 4 is 65.0 Å². The van der Waals surface area contributed by atoms with Gasteiger partial charge < -0.3 is 16.4 Å². The summed E-state index contributed by atoms with van der Waals surface area (Å²) in [5, 5.41) is 8.39. The van der Waals surface area contributed by atoms with Gasteiger partial charge in [0.1, 0.15) is 0 Å². The molecule has 0 heterocycles. The zero-order chi connectivity index (χ0) is 28.5. The largest absolute Gasteiger partial charge is 0.525 e. The van der Waals surface area contributed by atoms with Crippen LogP contribution in [0, 0.1) is 0 Å². The minimum absolute atomic E-state index is 0. The molecule has 0 aromatic heterocycles. The molecular formula is C37H30ClIrOP2-. The van der Waals surface area contributed by atoms with Crippen LogP contribution in [0.25, 0.3) is 0 Å². The van der Waals surface area contributed by atoms with Crippen molar-refractivity contribution < 1.29 is 24.9 Å². The molecule has 0 bridgehead atoms. The van der Waals surface area contributed by atoms with Crippen LogP contribution in [0.2, 0.25) is 0 Å². The van der Waals surface area contributed by atoms with Gasteiger partial charge >= 0.3 is 0 Å². The van der Waals surface area contributed by atoms with E-state index < -0.39 is 15.8 Å². The van der Waals surface area contributed by atoms with E-state index in [9.17, 15) is 0 Å². The normalized spacial score (nSPS) is 9.88. The first kappa shape index (κ1) is 33.3. The third-order valence-corrected chi connectivity index (χ3v) is 11.0. The van der Waals surface area contributed by atoms with Crippen LogP contribution in [0.4, 0.5) is 0 Å². The molecule has 5 heteroatoms. The third kappa shape index (κ3) is 9.96. The summed E-state index contributed by atoms with van der Waals surface area (Å²) >= 11 is 4.19. The topological polar surface area (TPSA) is 17.1 Å². The van der Waals surface area contributed by atoms with E-state index in [1.165, 1.54) is 31.8 Å². The van der Waals surface area contributed by atoms with Crippen LogP contribution < -0.4 is 31.8 Å². The monoisotopic (exact) mass is 780 g/mol. The Hall–Kier alpha value is -3.21. The zero-order valence-electron chi connectivity index (χ0n) is 22.8. The second-order valence-corrected chi connectivity index (χ2v) is 13.4. The molecule has 0 amide bonds. The first-order chi connectivity index (χ1) is 20.3. The molecule has 0 unspecified atom stereocenters. The van der Waals surface area contributed by atoms with Gasteiger partial charge in [-0.15, -0.1) is 0 Å². The molecule has 0 atom stereocenters. The van der Waals surface area contributed by atoms with E-state index in [4.69, 9.17) is 4.79 Å². The van der Waals surface area contributed by atoms with Crippen molar-refractivity contribution in [3.63, 3.8) is 0 Å². The van der Waals surface area contributed by atoms with Crippen molar-refractivity contribution in [3.8, 4) is 0 Å². The van der Waals surface area contributed by atoms with Crippen LogP contribution in [0.15, 0.2) is 182 Å².